The van der Waals surface area contributed by atoms with E-state index >= 15 is 0 Å². The van der Waals surface area contributed by atoms with Crippen LogP contribution in [0.1, 0.15) is 62.6 Å². The molecule has 4 aromatic rings. The molecule has 4 rings (SSSR count). The lowest BCUT2D eigenvalue weighted by atomic mass is 9.96. The highest BCUT2D eigenvalue weighted by molar-refractivity contribution is 7.87. The van der Waals surface area contributed by atoms with Crippen molar-refractivity contribution < 1.29 is 9.90 Å². The lowest BCUT2D eigenvalue weighted by Crippen LogP contribution is -2.25. The van der Waals surface area contributed by atoms with Gasteiger partial charge in [0.1, 0.15) is 5.70 Å². The van der Waals surface area contributed by atoms with Crippen LogP contribution in [0.3, 0.4) is 0 Å². The Morgan fingerprint density at radius 2 is 1.26 bits per heavy atom. The number of benzene rings is 4. The number of carboxylic acids is 1. The molecule has 4 heteroatoms. The smallest absolute Gasteiger partial charge is 0.354 e. The first-order valence-electron chi connectivity index (χ1n) is 15.1. The van der Waals surface area contributed by atoms with Gasteiger partial charge in [-0.15, -0.1) is 0 Å². The number of nitrogens with zero attached hydrogens (tertiary/aromatic N) is 1. The van der Waals surface area contributed by atoms with Crippen LogP contribution in [0.25, 0.3) is 6.08 Å². The molecule has 0 amide bonds. The standard InChI is InChI=1S/C38H42NO2P/c1-3-5-6-10-20-32-29-28-31(30-33(32)18-4-2)19-17-27-37(38(40)41)39-42(34-21-11-7-12-22-34,35-23-13-8-14-24-35)36-25-15-9-16-26-36/h7-9,11-17,19,21-30H,3-6,10,18,20H2,1-2H3,(H,40,41)/b19-17+,37-27+. The number of hydrogen-bond donors (Lipinski definition) is 1. The first kappa shape index (κ1) is 31.0. The van der Waals surface area contributed by atoms with E-state index < -0.39 is 13.0 Å². The van der Waals surface area contributed by atoms with Gasteiger partial charge in [-0.05, 0) is 42.0 Å². The first-order valence-corrected chi connectivity index (χ1v) is 16.8. The van der Waals surface area contributed by atoms with Gasteiger partial charge in [-0.1, -0.05) is 161 Å². The Bertz CT molecular complexity index is 1440. The van der Waals surface area contributed by atoms with Gasteiger partial charge in [0.25, 0.3) is 0 Å². The lowest BCUT2D eigenvalue weighted by molar-refractivity contribution is -0.132. The third-order valence-corrected chi connectivity index (χ3v) is 11.1. The molecular formula is C38H42NO2P. The van der Waals surface area contributed by atoms with Crippen molar-refractivity contribution in [3.8, 4) is 0 Å². The van der Waals surface area contributed by atoms with Crippen LogP contribution in [-0.4, -0.2) is 11.1 Å². The molecular weight excluding hydrogens is 533 g/mol. The second kappa shape index (κ2) is 15.9. The number of rotatable bonds is 14. The monoisotopic (exact) mass is 575 g/mol. The van der Waals surface area contributed by atoms with Crippen LogP contribution in [-0.2, 0) is 17.6 Å². The molecule has 0 aliphatic heterocycles. The molecule has 42 heavy (non-hydrogen) atoms. The van der Waals surface area contributed by atoms with Crippen molar-refractivity contribution in [1.29, 1.82) is 0 Å². The quantitative estimate of drug-likeness (QED) is 0.0706. The summed E-state index contributed by atoms with van der Waals surface area (Å²) in [6.45, 7) is 4.46. The van der Waals surface area contributed by atoms with Crippen LogP contribution >= 0.6 is 7.05 Å². The Kier molecular flexibility index (Phi) is 11.7. The van der Waals surface area contributed by atoms with Gasteiger partial charge < -0.3 is 5.11 Å². The van der Waals surface area contributed by atoms with Crippen molar-refractivity contribution in [1.82, 2.24) is 0 Å². The number of aliphatic carboxylic acids is 1. The zero-order valence-corrected chi connectivity index (χ0v) is 25.7. The fraction of sp³-hybridized carbons (Fsp3) is 0.237. The summed E-state index contributed by atoms with van der Waals surface area (Å²) in [6.07, 6.45) is 13.8. The number of carbonyl (C=O) groups is 1. The third kappa shape index (κ3) is 7.87. The molecule has 4 aromatic carbocycles. The van der Waals surface area contributed by atoms with E-state index in [1.807, 2.05) is 66.7 Å². The molecule has 0 fully saturated rings. The van der Waals surface area contributed by atoms with Crippen molar-refractivity contribution in [2.24, 2.45) is 4.74 Å². The summed E-state index contributed by atoms with van der Waals surface area (Å²) < 4.78 is 5.18. The molecule has 0 aliphatic carbocycles. The molecule has 0 atom stereocenters. The number of allylic oxidation sites excluding steroid dienone is 2. The van der Waals surface area contributed by atoms with Crippen molar-refractivity contribution in [2.45, 2.75) is 58.8 Å². The number of carboxylic acid groups (broad SMARTS) is 1. The highest BCUT2D eigenvalue weighted by Crippen LogP contribution is 2.47. The molecule has 0 bridgehead atoms. The predicted octanol–water partition coefficient (Wildman–Crippen LogP) is 8.92. The van der Waals surface area contributed by atoms with Gasteiger partial charge in [-0.25, -0.2) is 9.54 Å². The molecule has 0 radical (unpaired) electrons. The Balaban J connectivity index is 1.79. The second-order valence-corrected chi connectivity index (χ2v) is 13.6. The van der Waals surface area contributed by atoms with E-state index in [0.29, 0.717) is 0 Å². The first-order chi connectivity index (χ1) is 20.6. The summed E-state index contributed by atoms with van der Waals surface area (Å²) in [5.74, 6) is -1.04. The SMILES string of the molecule is CCCCCCc1ccc(/C=C/C=C(/N=P(c2ccccc2)(c2ccccc2)c2ccccc2)C(=O)O)cc1CCC. The van der Waals surface area contributed by atoms with Gasteiger partial charge in [0.2, 0.25) is 0 Å². The van der Waals surface area contributed by atoms with Crippen LogP contribution in [0, 0.1) is 0 Å². The maximum atomic E-state index is 12.7. The topological polar surface area (TPSA) is 49.7 Å². The fourth-order valence-corrected chi connectivity index (χ4v) is 8.88. The predicted molar refractivity (Wildman–Crippen MR) is 181 cm³/mol. The highest BCUT2D eigenvalue weighted by atomic mass is 31.2. The van der Waals surface area contributed by atoms with Crippen LogP contribution in [0.15, 0.2) is 132 Å². The van der Waals surface area contributed by atoms with E-state index in [1.165, 1.54) is 36.8 Å². The van der Waals surface area contributed by atoms with Gasteiger partial charge in [-0.3, -0.25) is 0 Å². The minimum absolute atomic E-state index is 0.0393. The third-order valence-electron chi connectivity index (χ3n) is 7.46. The summed E-state index contributed by atoms with van der Waals surface area (Å²) in [5.41, 5.74) is 3.94. The van der Waals surface area contributed by atoms with E-state index in [0.717, 1.165) is 40.7 Å². The van der Waals surface area contributed by atoms with E-state index in [4.69, 9.17) is 4.74 Å². The maximum absolute atomic E-state index is 12.7. The van der Waals surface area contributed by atoms with E-state index in [9.17, 15) is 9.90 Å². The van der Waals surface area contributed by atoms with Crippen molar-refractivity contribution in [3.05, 3.63) is 144 Å². The Morgan fingerprint density at radius 3 is 1.76 bits per heavy atom. The molecule has 1 N–H and O–H groups in total. The summed E-state index contributed by atoms with van der Waals surface area (Å²) in [4.78, 5) is 12.7. The van der Waals surface area contributed by atoms with Gasteiger partial charge in [0.05, 0.1) is 7.05 Å². The van der Waals surface area contributed by atoms with Gasteiger partial charge in [0, 0.05) is 15.9 Å². The molecule has 0 heterocycles. The highest BCUT2D eigenvalue weighted by Gasteiger charge is 2.28. The van der Waals surface area contributed by atoms with E-state index in [-0.39, 0.29) is 5.70 Å². The molecule has 216 valence electrons. The number of hydrogen-bond acceptors (Lipinski definition) is 2. The van der Waals surface area contributed by atoms with E-state index in [2.05, 4.69) is 68.4 Å². The second-order valence-electron chi connectivity index (χ2n) is 10.5. The molecule has 3 nitrogen and oxygen atoms in total. The maximum Gasteiger partial charge on any atom is 0.354 e. The Morgan fingerprint density at radius 1 is 0.690 bits per heavy atom. The zero-order valence-electron chi connectivity index (χ0n) is 24.8. The average molecular weight is 576 g/mol. The molecule has 0 unspecified atom stereocenters. The van der Waals surface area contributed by atoms with Crippen molar-refractivity contribution in [3.63, 3.8) is 0 Å². The fourth-order valence-electron chi connectivity index (χ4n) is 5.35. The van der Waals surface area contributed by atoms with Gasteiger partial charge >= 0.3 is 5.97 Å². The van der Waals surface area contributed by atoms with Gasteiger partial charge in [0.15, 0.2) is 0 Å². The van der Waals surface area contributed by atoms with Crippen LogP contribution in [0.2, 0.25) is 0 Å². The Labute approximate surface area is 251 Å². The summed E-state index contributed by atoms with van der Waals surface area (Å²) in [7, 11) is -2.67. The van der Waals surface area contributed by atoms with Gasteiger partial charge in [-0.2, -0.15) is 0 Å². The molecule has 0 aliphatic rings. The minimum Gasteiger partial charge on any atom is -0.477 e. The molecule has 0 aromatic heterocycles. The normalized spacial score (nSPS) is 12.0. The summed E-state index contributed by atoms with van der Waals surface area (Å²) in [5, 5.41) is 13.4. The molecule has 0 saturated heterocycles. The lowest BCUT2D eigenvalue weighted by Gasteiger charge is -2.27. The average Bonchev–Trinajstić information content (AvgIpc) is 3.03. The number of aryl methyl sites for hydroxylation is 2. The molecule has 0 spiro atoms. The summed E-state index contributed by atoms with van der Waals surface area (Å²) in [6, 6.07) is 36.9. The van der Waals surface area contributed by atoms with E-state index in [1.54, 1.807) is 6.08 Å². The van der Waals surface area contributed by atoms with Crippen LogP contribution in [0.4, 0.5) is 0 Å². The van der Waals surface area contributed by atoms with Crippen molar-refractivity contribution >= 4 is 35.0 Å². The van der Waals surface area contributed by atoms with Crippen LogP contribution in [0.5, 0.6) is 0 Å². The van der Waals surface area contributed by atoms with Crippen LogP contribution < -0.4 is 15.9 Å². The van der Waals surface area contributed by atoms with Crippen molar-refractivity contribution in [2.75, 3.05) is 0 Å². The largest absolute Gasteiger partial charge is 0.477 e. The number of unbranched alkanes of at least 4 members (excludes halogenated alkanes) is 3. The summed E-state index contributed by atoms with van der Waals surface area (Å²) >= 11 is 0. The molecule has 0 saturated carbocycles. The minimum atomic E-state index is -2.67. The Hall–Kier alpha value is -3.94. The zero-order chi connectivity index (χ0) is 29.6.